The highest BCUT2D eigenvalue weighted by Crippen LogP contribution is 2.34. The van der Waals surface area contributed by atoms with Gasteiger partial charge in [0.15, 0.2) is 12.1 Å². The molecule has 0 bridgehead atoms. The summed E-state index contributed by atoms with van der Waals surface area (Å²) in [5.74, 6) is 16.3. The van der Waals surface area contributed by atoms with Gasteiger partial charge in [-0.25, -0.2) is 15.5 Å². The second-order valence-electron chi connectivity index (χ2n) is 32.2. The molecule has 628 valence electrons. The maximum Gasteiger partial charge on any atom is 0.408 e. The maximum absolute atomic E-state index is 14.4. The van der Waals surface area contributed by atoms with E-state index in [0.29, 0.717) is 94.4 Å². The Hall–Kier alpha value is -12.1. The highest BCUT2D eigenvalue weighted by molar-refractivity contribution is 6.01. The first-order chi connectivity index (χ1) is 56.8. The minimum atomic E-state index is -1.00. The predicted molar refractivity (Wildman–Crippen MR) is 453 cm³/mol. The molecule has 0 aliphatic carbocycles. The largest absolute Gasteiger partial charge is 0.507 e. The van der Waals surface area contributed by atoms with Gasteiger partial charge < -0.3 is 65.1 Å². The maximum atomic E-state index is 14.4. The van der Waals surface area contributed by atoms with Crippen molar-refractivity contribution in [2.45, 2.75) is 207 Å². The van der Waals surface area contributed by atoms with Crippen molar-refractivity contribution in [1.29, 1.82) is 0 Å². The number of nitrogens with one attached hydrogen (secondary N) is 4. The molecule has 27 nitrogen and oxygen atoms in total. The summed E-state index contributed by atoms with van der Waals surface area (Å²) in [6.45, 7) is 19.9. The van der Waals surface area contributed by atoms with Gasteiger partial charge in [0.25, 0.3) is 0 Å². The van der Waals surface area contributed by atoms with Crippen molar-refractivity contribution in [1.82, 2.24) is 40.0 Å². The Balaban J connectivity index is 0.000000230. The Labute approximate surface area is 696 Å². The Morgan fingerprint density at radius 2 is 0.933 bits per heavy atom. The van der Waals surface area contributed by atoms with Crippen LogP contribution in [0.15, 0.2) is 151 Å². The number of aromatic nitrogens is 4. The lowest BCUT2D eigenvalue weighted by atomic mass is 9.97. The number of rotatable bonds is 19. The van der Waals surface area contributed by atoms with E-state index in [4.69, 9.17) is 29.7 Å². The van der Waals surface area contributed by atoms with Crippen LogP contribution in [0.3, 0.4) is 0 Å². The molecule has 4 saturated heterocycles. The van der Waals surface area contributed by atoms with Gasteiger partial charge in [-0.1, -0.05) is 101 Å². The van der Waals surface area contributed by atoms with Crippen LogP contribution in [0.4, 0.5) is 21.0 Å². The van der Waals surface area contributed by atoms with Crippen LogP contribution in [0, 0.1) is 37.5 Å². The van der Waals surface area contributed by atoms with E-state index < -0.39 is 47.6 Å². The topological polar surface area (TPSA) is 344 Å². The molecule has 4 unspecified atom stereocenters. The van der Waals surface area contributed by atoms with Gasteiger partial charge >= 0.3 is 12.2 Å². The third kappa shape index (κ3) is 26.7. The van der Waals surface area contributed by atoms with E-state index in [1.54, 1.807) is 154 Å². The Bertz CT molecular complexity index is 5010. The van der Waals surface area contributed by atoms with Crippen molar-refractivity contribution < 1.29 is 72.4 Å². The summed E-state index contributed by atoms with van der Waals surface area (Å²) in [5.41, 5.74) is 10.3. The second-order valence-corrected chi connectivity index (χ2v) is 32.2. The average Bonchev–Trinajstić information content (AvgIpc) is 1.77. The molecule has 8 N–H and O–H groups in total. The van der Waals surface area contributed by atoms with Gasteiger partial charge in [-0.3, -0.25) is 38.2 Å². The van der Waals surface area contributed by atoms with Gasteiger partial charge in [-0.2, -0.15) is 10.2 Å². The standard InChI is InChI=1S/C46H54N6O7.C41H45N5O6.C5H11NO2/c1-30-13-24-40(53)37(27-30)42-35(29-51(6)49-42)21-14-32-17-22-36(23-18-32)47-43(54)39-11-7-9-25-52(39)44(55)38(48-45(56)58-46(3,4)5)28-33-15-19-34(20-16-33)31(2)50-59-41-12-8-10-26-57-41;1-26-10-21-36(48)33(23-26)37-31(25-45(6)44-37)18-11-28-14-19-32(20-15-28)42-38(49)35-9-7-8-22-46(35)39(50)34(43-40(51)52-41(3,4)5)24-29-12-16-30(17-13-29)27(2)47;6-8-5-3-1-2-4-7-5/h13,15-20,22-24,27,29,38-39,41,53H,7-12,25-26,28H2,1-6H3,(H,47,54)(H,48,56);10,12-17,19-21,23,25,34-35,48H,7-9,22,24H2,1-6H3,(H,42,49)(H,43,51);5H,1-4,6H2/b50-31+;;/t38-,39?,41?;34-,35?;/m00./s1. The van der Waals surface area contributed by atoms with Crippen molar-refractivity contribution >= 4 is 58.7 Å². The minimum absolute atomic E-state index is 0.0742. The number of aryl methyl sites for hydroxylation is 4. The van der Waals surface area contributed by atoms with Crippen LogP contribution in [-0.2, 0) is 74.7 Å². The number of nitrogens with zero attached hydrogens (tertiary/aromatic N) is 7. The molecule has 12 rings (SSSR count). The van der Waals surface area contributed by atoms with E-state index in [0.717, 1.165) is 97.8 Å². The lowest BCUT2D eigenvalue weighted by molar-refractivity contribution is -0.164. The Morgan fingerprint density at radius 1 is 0.529 bits per heavy atom. The molecular weight excluding hydrogens is 1510 g/mol. The first-order valence-corrected chi connectivity index (χ1v) is 40.4. The molecule has 4 aliphatic rings. The van der Waals surface area contributed by atoms with Crippen molar-refractivity contribution in [2.24, 2.45) is 25.1 Å². The summed E-state index contributed by atoms with van der Waals surface area (Å²) in [4.78, 5) is 107. The van der Waals surface area contributed by atoms with E-state index in [-0.39, 0.29) is 66.3 Å². The molecule has 4 fully saturated rings. The lowest BCUT2D eigenvalue weighted by Gasteiger charge is -2.37. The molecule has 0 radical (unpaired) electrons. The number of piperidine rings is 2. The number of hydrogen-bond acceptors (Lipinski definition) is 19. The molecule has 6 aromatic carbocycles. The van der Waals surface area contributed by atoms with E-state index in [1.165, 1.54) is 13.3 Å². The van der Waals surface area contributed by atoms with Crippen molar-refractivity contribution in [3.63, 3.8) is 0 Å². The summed E-state index contributed by atoms with van der Waals surface area (Å²) in [5, 5.41) is 45.7. The van der Waals surface area contributed by atoms with Crippen LogP contribution in [0.25, 0.3) is 22.5 Å². The van der Waals surface area contributed by atoms with Gasteiger partial charge in [-0.15, -0.1) is 0 Å². The van der Waals surface area contributed by atoms with Crippen molar-refractivity contribution in [3.8, 4) is 57.7 Å². The number of carbonyl (C=O) groups is 7. The quantitative estimate of drug-likeness (QED) is 0.0171. The highest BCUT2D eigenvalue weighted by Gasteiger charge is 2.39. The Morgan fingerprint density at radius 3 is 1.31 bits per heavy atom. The number of Topliss-reactive ketones (excluding diaryl/α,β-unsaturated/α-hetero) is 1. The first kappa shape index (κ1) is 89.2. The van der Waals surface area contributed by atoms with E-state index in [1.807, 2.05) is 87.6 Å². The summed E-state index contributed by atoms with van der Waals surface area (Å²) in [6.07, 6.45) is 12.1. The second kappa shape index (κ2) is 41.8. The van der Waals surface area contributed by atoms with Crippen LogP contribution >= 0.6 is 0 Å². The molecule has 4 aliphatic heterocycles. The van der Waals surface area contributed by atoms with Crippen LogP contribution in [0.1, 0.15) is 193 Å². The number of hydrogen-bond donors (Lipinski definition) is 7. The molecule has 6 atom stereocenters. The summed E-state index contributed by atoms with van der Waals surface area (Å²) < 4.78 is 25.0. The van der Waals surface area contributed by atoms with E-state index in [2.05, 4.69) is 65.1 Å². The lowest BCUT2D eigenvalue weighted by Crippen LogP contribution is -2.57. The smallest absolute Gasteiger partial charge is 0.408 e. The fourth-order valence-corrected chi connectivity index (χ4v) is 13.9. The molecule has 2 aromatic heterocycles. The van der Waals surface area contributed by atoms with Gasteiger partial charge in [0.2, 0.25) is 29.9 Å². The van der Waals surface area contributed by atoms with Gasteiger partial charge in [0, 0.05) is 111 Å². The highest BCUT2D eigenvalue weighted by atomic mass is 16.8. The van der Waals surface area contributed by atoms with Gasteiger partial charge in [0.1, 0.15) is 58.3 Å². The number of ether oxygens (including phenoxy) is 4. The number of anilines is 2. The molecule has 0 saturated carbocycles. The number of carbonyl (C=O) groups excluding carboxylic acids is 7. The third-order valence-electron chi connectivity index (χ3n) is 20.0. The number of nitrogens with two attached hydrogens (primary N) is 1. The zero-order valence-electron chi connectivity index (χ0n) is 70.0. The van der Waals surface area contributed by atoms with Crippen LogP contribution in [-0.4, -0.2) is 161 Å². The van der Waals surface area contributed by atoms with Crippen LogP contribution < -0.4 is 27.2 Å². The zero-order chi connectivity index (χ0) is 85.5. The van der Waals surface area contributed by atoms with Crippen molar-refractivity contribution in [3.05, 3.63) is 201 Å². The number of amides is 6. The van der Waals surface area contributed by atoms with E-state index in [9.17, 15) is 43.8 Å². The van der Waals surface area contributed by atoms with Crippen LogP contribution in [0.2, 0.25) is 0 Å². The molecule has 27 heteroatoms. The average molecular weight is 1620 g/mol. The number of aromatic hydroxyl groups is 2. The number of alkyl carbamates (subject to hydrolysis) is 2. The number of ketones is 1. The van der Waals surface area contributed by atoms with Crippen molar-refractivity contribution in [2.75, 3.05) is 36.9 Å². The normalized spacial score (nSPS) is 17.2. The summed E-state index contributed by atoms with van der Waals surface area (Å²) in [7, 11) is 3.60. The third-order valence-corrected chi connectivity index (χ3v) is 20.0. The number of phenols is 2. The minimum Gasteiger partial charge on any atom is -0.507 e. The number of oxime groups is 1. The fraction of sp³-hybridized carbons (Fsp3) is 0.413. The summed E-state index contributed by atoms with van der Waals surface area (Å²) in [6, 6.07) is 36.0. The van der Waals surface area contributed by atoms with Gasteiger partial charge in [0.05, 0.1) is 23.4 Å². The zero-order valence-corrected chi connectivity index (χ0v) is 70.0. The van der Waals surface area contributed by atoms with Gasteiger partial charge in [-0.05, 0) is 223 Å². The molecule has 0 spiro atoms. The predicted octanol–water partition coefficient (Wildman–Crippen LogP) is 13.8. The van der Waals surface area contributed by atoms with E-state index >= 15 is 0 Å². The SMILES string of the molecule is C/C(=N\OC1CCCCO1)c1ccc(C[C@H](NC(=O)OC(C)(C)C)C(=O)N2CCCCC2C(=O)Nc2ccc(C#Cc3cn(C)nc3-c3cc(C)ccc3O)cc2)cc1.CC(=O)c1ccc(C[C@H](NC(=O)OC(C)(C)C)C(=O)N2CCCCC2C(=O)Nc2ccc(C#Cc3cn(C)nc3-c3cc(C)ccc3O)cc2)cc1.NOC1CCCCO1. The number of likely N-dealkylation sites (tertiary alicyclic amines) is 2. The Kier molecular flexibility index (Phi) is 31.3. The number of benzene rings is 6. The summed E-state index contributed by atoms with van der Waals surface area (Å²) >= 11 is 0. The number of phenolic OH excluding ortho intramolecular Hbond substituents is 2. The molecule has 119 heavy (non-hydrogen) atoms. The molecular formula is C92H110N12O15. The van der Waals surface area contributed by atoms with Crippen LogP contribution in [0.5, 0.6) is 11.5 Å². The monoisotopic (exact) mass is 1620 g/mol. The fourth-order valence-electron chi connectivity index (χ4n) is 13.9. The molecule has 8 aromatic rings. The first-order valence-electron chi connectivity index (χ1n) is 40.4. The molecule has 6 amide bonds. The molecule has 6 heterocycles.